The second-order valence-corrected chi connectivity index (χ2v) is 9.85. The maximum atomic E-state index is 13.4. The first-order valence-electron chi connectivity index (χ1n) is 11.0. The molecule has 2 aromatic rings. The molecule has 0 unspecified atom stereocenters. The summed E-state index contributed by atoms with van der Waals surface area (Å²) >= 11 is 7.71. The summed E-state index contributed by atoms with van der Waals surface area (Å²) in [5.74, 6) is 0.959. The molecule has 166 valence electrons. The van der Waals surface area contributed by atoms with Crippen molar-refractivity contribution in [2.45, 2.75) is 51.6 Å². The number of carbonyl (C=O) groups is 2. The molecular formula is C24H29ClN2O3S. The second kappa shape index (κ2) is 9.61. The Kier molecular flexibility index (Phi) is 6.87. The van der Waals surface area contributed by atoms with E-state index in [-0.39, 0.29) is 36.4 Å². The molecular weight excluding hydrogens is 432 g/mol. The predicted molar refractivity (Wildman–Crippen MR) is 124 cm³/mol. The highest BCUT2D eigenvalue weighted by Gasteiger charge is 2.38. The molecule has 1 aliphatic heterocycles. The number of benzene rings is 1. The minimum atomic E-state index is -0.159. The average Bonchev–Trinajstić information content (AvgIpc) is 3.52. The normalized spacial score (nSPS) is 18.9. The average molecular weight is 461 g/mol. The number of amides is 2. The van der Waals surface area contributed by atoms with Crippen molar-refractivity contribution in [3.8, 4) is 5.75 Å². The summed E-state index contributed by atoms with van der Waals surface area (Å²) in [4.78, 5) is 31.3. The zero-order valence-electron chi connectivity index (χ0n) is 18.1. The van der Waals surface area contributed by atoms with Crippen molar-refractivity contribution in [3.63, 3.8) is 0 Å². The quantitative estimate of drug-likeness (QED) is 0.560. The van der Waals surface area contributed by atoms with Crippen LogP contribution in [0.4, 0.5) is 0 Å². The van der Waals surface area contributed by atoms with E-state index in [1.165, 1.54) is 4.88 Å². The molecule has 2 amide bonds. The highest BCUT2D eigenvalue weighted by atomic mass is 35.5. The summed E-state index contributed by atoms with van der Waals surface area (Å²) in [5, 5.41) is 2.74. The standard InChI is InChI=1S/C24H29ClN2O3S/c1-3-16(2)27(24(29)17-4-5-17)14-23(28)26-12-10-22-20(11-13-31-22)21(26)15-30-19-8-6-18(25)7-9-19/h6-9,11,13,16-17,21H,3-5,10,12,14-15H2,1-2H3/t16-,21+/m0/s1. The molecule has 7 heteroatoms. The van der Waals surface area contributed by atoms with Gasteiger partial charge in [-0.2, -0.15) is 0 Å². The van der Waals surface area contributed by atoms with Gasteiger partial charge in [-0.05, 0) is 73.9 Å². The Bertz CT molecular complexity index is 925. The first kappa shape index (κ1) is 22.2. The Balaban J connectivity index is 1.50. The molecule has 2 aliphatic rings. The lowest BCUT2D eigenvalue weighted by Gasteiger charge is -2.38. The van der Waals surface area contributed by atoms with Crippen LogP contribution in [0.25, 0.3) is 0 Å². The molecule has 0 bridgehead atoms. The molecule has 5 nitrogen and oxygen atoms in total. The number of hydrogen-bond donors (Lipinski definition) is 0. The Morgan fingerprint density at radius 3 is 2.68 bits per heavy atom. The van der Waals surface area contributed by atoms with E-state index in [2.05, 4.69) is 18.4 Å². The van der Waals surface area contributed by atoms with E-state index in [0.29, 0.717) is 18.2 Å². The van der Waals surface area contributed by atoms with Gasteiger partial charge in [-0.1, -0.05) is 18.5 Å². The molecule has 2 atom stereocenters. The van der Waals surface area contributed by atoms with Gasteiger partial charge in [0.05, 0.1) is 6.04 Å². The number of halogens is 1. The van der Waals surface area contributed by atoms with E-state index < -0.39 is 0 Å². The lowest BCUT2D eigenvalue weighted by molar-refractivity contribution is -0.145. The van der Waals surface area contributed by atoms with Crippen LogP contribution in [0.3, 0.4) is 0 Å². The molecule has 1 saturated carbocycles. The third kappa shape index (κ3) is 5.07. The number of hydrogen-bond acceptors (Lipinski definition) is 4. The fraction of sp³-hybridized carbons (Fsp3) is 0.500. The minimum absolute atomic E-state index is 0.00384. The van der Waals surface area contributed by atoms with Crippen LogP contribution < -0.4 is 4.74 Å². The lowest BCUT2D eigenvalue weighted by Crippen LogP contribution is -2.50. The third-order valence-electron chi connectivity index (χ3n) is 6.27. The van der Waals surface area contributed by atoms with Gasteiger partial charge in [0, 0.05) is 28.4 Å². The van der Waals surface area contributed by atoms with E-state index in [4.69, 9.17) is 16.3 Å². The van der Waals surface area contributed by atoms with Gasteiger partial charge < -0.3 is 14.5 Å². The summed E-state index contributed by atoms with van der Waals surface area (Å²) in [5.41, 5.74) is 1.15. The van der Waals surface area contributed by atoms with Crippen molar-refractivity contribution >= 4 is 34.8 Å². The second-order valence-electron chi connectivity index (χ2n) is 8.41. The van der Waals surface area contributed by atoms with Crippen molar-refractivity contribution < 1.29 is 14.3 Å². The zero-order valence-corrected chi connectivity index (χ0v) is 19.6. The summed E-state index contributed by atoms with van der Waals surface area (Å²) < 4.78 is 6.05. The highest BCUT2D eigenvalue weighted by Crippen LogP contribution is 2.35. The summed E-state index contributed by atoms with van der Waals surface area (Å²) in [7, 11) is 0. The van der Waals surface area contributed by atoms with Crippen LogP contribution in [0.5, 0.6) is 5.75 Å². The van der Waals surface area contributed by atoms with Crippen LogP contribution in [-0.4, -0.2) is 47.4 Å². The van der Waals surface area contributed by atoms with Gasteiger partial charge in [-0.15, -0.1) is 11.3 Å². The monoisotopic (exact) mass is 460 g/mol. The van der Waals surface area contributed by atoms with Gasteiger partial charge in [0.15, 0.2) is 0 Å². The van der Waals surface area contributed by atoms with Crippen LogP contribution >= 0.6 is 22.9 Å². The Hall–Kier alpha value is -2.05. The van der Waals surface area contributed by atoms with Crippen LogP contribution in [-0.2, 0) is 16.0 Å². The SMILES string of the molecule is CC[C@H](C)N(CC(=O)N1CCc2sccc2[C@H]1COc1ccc(Cl)cc1)C(=O)C1CC1. The smallest absolute Gasteiger partial charge is 0.242 e. The Morgan fingerprint density at radius 2 is 2.00 bits per heavy atom. The molecule has 1 fully saturated rings. The van der Waals surface area contributed by atoms with E-state index >= 15 is 0 Å². The summed E-state index contributed by atoms with van der Waals surface area (Å²) in [6.45, 7) is 5.25. The molecule has 0 spiro atoms. The van der Waals surface area contributed by atoms with E-state index in [1.54, 1.807) is 28.4 Å². The summed E-state index contributed by atoms with van der Waals surface area (Å²) in [6, 6.07) is 9.26. The molecule has 0 saturated heterocycles. The molecule has 2 heterocycles. The summed E-state index contributed by atoms with van der Waals surface area (Å²) in [6.07, 6.45) is 3.57. The lowest BCUT2D eigenvalue weighted by atomic mass is 10.00. The maximum Gasteiger partial charge on any atom is 0.242 e. The fourth-order valence-corrected chi connectivity index (χ4v) is 5.11. The molecule has 1 aromatic carbocycles. The molecule has 31 heavy (non-hydrogen) atoms. The number of thiophene rings is 1. The number of rotatable bonds is 8. The number of fused-ring (bicyclic) bond motifs is 1. The van der Waals surface area contributed by atoms with Crippen molar-refractivity contribution in [2.24, 2.45) is 5.92 Å². The first-order valence-corrected chi connectivity index (χ1v) is 12.3. The number of carbonyl (C=O) groups excluding carboxylic acids is 2. The van der Waals surface area contributed by atoms with Crippen LogP contribution in [0.2, 0.25) is 5.02 Å². The van der Waals surface area contributed by atoms with Crippen LogP contribution in [0.1, 0.15) is 49.6 Å². The van der Waals surface area contributed by atoms with Crippen molar-refractivity contribution in [1.82, 2.24) is 9.80 Å². The van der Waals surface area contributed by atoms with Gasteiger partial charge in [0.25, 0.3) is 0 Å². The van der Waals surface area contributed by atoms with Gasteiger partial charge in [-0.25, -0.2) is 0 Å². The van der Waals surface area contributed by atoms with Gasteiger partial charge >= 0.3 is 0 Å². The van der Waals surface area contributed by atoms with Gasteiger partial charge in [0.2, 0.25) is 11.8 Å². The van der Waals surface area contributed by atoms with Crippen LogP contribution in [0, 0.1) is 5.92 Å². The first-order chi connectivity index (χ1) is 15.0. The Morgan fingerprint density at radius 1 is 1.26 bits per heavy atom. The molecule has 0 radical (unpaired) electrons. The van der Waals surface area contributed by atoms with E-state index in [1.807, 2.05) is 24.0 Å². The van der Waals surface area contributed by atoms with Gasteiger partial charge in [-0.3, -0.25) is 9.59 Å². The van der Waals surface area contributed by atoms with Gasteiger partial charge in [0.1, 0.15) is 18.9 Å². The van der Waals surface area contributed by atoms with Crippen molar-refractivity contribution in [1.29, 1.82) is 0 Å². The third-order valence-corrected chi connectivity index (χ3v) is 7.52. The maximum absolute atomic E-state index is 13.4. The largest absolute Gasteiger partial charge is 0.491 e. The fourth-order valence-electron chi connectivity index (χ4n) is 4.05. The molecule has 1 aromatic heterocycles. The zero-order chi connectivity index (χ0) is 22.0. The number of ether oxygens (including phenoxy) is 1. The molecule has 4 rings (SSSR count). The molecule has 1 aliphatic carbocycles. The number of nitrogens with zero attached hydrogens (tertiary/aromatic N) is 2. The predicted octanol–water partition coefficient (Wildman–Crippen LogP) is 4.94. The topological polar surface area (TPSA) is 49.9 Å². The van der Waals surface area contributed by atoms with Crippen molar-refractivity contribution in [2.75, 3.05) is 19.7 Å². The minimum Gasteiger partial charge on any atom is -0.491 e. The molecule has 0 N–H and O–H groups in total. The Labute approximate surface area is 192 Å². The van der Waals surface area contributed by atoms with Crippen molar-refractivity contribution in [3.05, 3.63) is 51.2 Å². The van der Waals surface area contributed by atoms with Crippen LogP contribution in [0.15, 0.2) is 35.7 Å². The van der Waals surface area contributed by atoms with E-state index in [0.717, 1.165) is 37.0 Å². The van der Waals surface area contributed by atoms with E-state index in [9.17, 15) is 9.59 Å². The highest BCUT2D eigenvalue weighted by molar-refractivity contribution is 7.10.